The number of nitrogens with one attached hydrogen (secondary N) is 1. The summed E-state index contributed by atoms with van der Waals surface area (Å²) >= 11 is 1.01. The normalized spacial score (nSPS) is 25.2. The molecule has 2 rings (SSSR count). The van der Waals surface area contributed by atoms with Gasteiger partial charge in [-0.25, -0.2) is 0 Å². The minimum absolute atomic E-state index is 0.0727. The van der Waals surface area contributed by atoms with Crippen LogP contribution in [0, 0.1) is 17.2 Å². The van der Waals surface area contributed by atoms with E-state index in [0.29, 0.717) is 10.6 Å². The molecule has 1 aromatic rings. The van der Waals surface area contributed by atoms with Gasteiger partial charge in [-0.1, -0.05) is 11.8 Å². The van der Waals surface area contributed by atoms with Crippen molar-refractivity contribution < 1.29 is 19.4 Å². The van der Waals surface area contributed by atoms with Gasteiger partial charge in [0.2, 0.25) is 5.91 Å². The summed E-state index contributed by atoms with van der Waals surface area (Å²) in [6.45, 7) is 3.24. The molecule has 0 aromatic carbocycles. The number of thioether (sulfide) groups is 1. The monoisotopic (exact) mass is 376 g/mol. The molecule has 4 N–H and O–H groups in total. The van der Waals surface area contributed by atoms with E-state index in [1.165, 1.54) is 6.92 Å². The fourth-order valence-electron chi connectivity index (χ4n) is 2.91. The maximum absolute atomic E-state index is 12.6. The van der Waals surface area contributed by atoms with Gasteiger partial charge in [-0.2, -0.15) is 5.26 Å². The SMILES string of the molecule is CCOC(=O)[C@H]1[C@H](c2ccncc2)C(C#N)=C(SCC(N)=O)N[C@@]1(C)O. The lowest BCUT2D eigenvalue weighted by molar-refractivity contribution is -0.161. The highest BCUT2D eigenvalue weighted by atomic mass is 32.2. The minimum atomic E-state index is -1.69. The Kier molecular flexibility index (Phi) is 6.23. The molecule has 0 bridgehead atoms. The van der Waals surface area contributed by atoms with Crippen LogP contribution in [0.15, 0.2) is 35.1 Å². The number of carbonyl (C=O) groups excluding carboxylic acids is 2. The first-order valence-electron chi connectivity index (χ1n) is 7.94. The van der Waals surface area contributed by atoms with Crippen LogP contribution in [0.5, 0.6) is 0 Å². The van der Waals surface area contributed by atoms with Gasteiger partial charge in [0.25, 0.3) is 0 Å². The number of hydrogen-bond donors (Lipinski definition) is 3. The molecule has 1 aliphatic rings. The largest absolute Gasteiger partial charge is 0.466 e. The number of rotatable bonds is 6. The van der Waals surface area contributed by atoms with E-state index in [0.717, 1.165) is 11.8 Å². The number of esters is 1. The molecule has 1 aliphatic heterocycles. The maximum Gasteiger partial charge on any atom is 0.314 e. The van der Waals surface area contributed by atoms with E-state index in [9.17, 15) is 20.0 Å². The number of nitriles is 1. The molecule has 1 aromatic heterocycles. The molecule has 0 saturated heterocycles. The Labute approximate surface area is 155 Å². The van der Waals surface area contributed by atoms with Crippen molar-refractivity contribution in [3.63, 3.8) is 0 Å². The lowest BCUT2D eigenvalue weighted by atomic mass is 9.74. The van der Waals surface area contributed by atoms with Crippen molar-refractivity contribution in [1.82, 2.24) is 10.3 Å². The van der Waals surface area contributed by atoms with E-state index >= 15 is 0 Å². The zero-order chi connectivity index (χ0) is 19.3. The van der Waals surface area contributed by atoms with Crippen LogP contribution in [0.4, 0.5) is 0 Å². The number of aliphatic hydroxyl groups is 1. The molecule has 0 radical (unpaired) electrons. The fourth-order valence-corrected chi connectivity index (χ4v) is 3.81. The fraction of sp³-hybridized carbons (Fsp3) is 0.412. The van der Waals surface area contributed by atoms with Crippen LogP contribution < -0.4 is 11.1 Å². The topological polar surface area (TPSA) is 138 Å². The van der Waals surface area contributed by atoms with Crippen molar-refractivity contribution in [2.75, 3.05) is 12.4 Å². The highest BCUT2D eigenvalue weighted by Gasteiger charge is 2.50. The van der Waals surface area contributed by atoms with Gasteiger partial charge in [-0.05, 0) is 31.5 Å². The molecule has 0 aliphatic carbocycles. The van der Waals surface area contributed by atoms with E-state index in [-0.39, 0.29) is 17.9 Å². The molecule has 9 heteroatoms. The summed E-state index contributed by atoms with van der Waals surface area (Å²) in [5.74, 6) is -3.07. The van der Waals surface area contributed by atoms with Crippen molar-refractivity contribution in [2.45, 2.75) is 25.5 Å². The predicted octanol–water partition coefficient (Wildman–Crippen LogP) is 0.610. The summed E-state index contributed by atoms with van der Waals surface area (Å²) in [7, 11) is 0. The molecule has 0 fully saturated rings. The summed E-state index contributed by atoms with van der Waals surface area (Å²) in [6, 6.07) is 5.44. The van der Waals surface area contributed by atoms with Crippen LogP contribution in [0.25, 0.3) is 0 Å². The predicted molar refractivity (Wildman–Crippen MR) is 95.2 cm³/mol. The van der Waals surface area contributed by atoms with E-state index in [1.54, 1.807) is 31.5 Å². The van der Waals surface area contributed by atoms with E-state index in [1.807, 2.05) is 0 Å². The molecular formula is C17H20N4O4S. The molecule has 8 nitrogen and oxygen atoms in total. The van der Waals surface area contributed by atoms with Crippen LogP contribution in [0.2, 0.25) is 0 Å². The van der Waals surface area contributed by atoms with Gasteiger partial charge in [-0.3, -0.25) is 14.6 Å². The van der Waals surface area contributed by atoms with Crippen molar-refractivity contribution in [3.8, 4) is 6.07 Å². The van der Waals surface area contributed by atoms with Crippen LogP contribution in [0.1, 0.15) is 25.3 Å². The van der Waals surface area contributed by atoms with Crippen molar-refractivity contribution in [1.29, 1.82) is 5.26 Å². The molecule has 1 amide bonds. The summed E-state index contributed by atoms with van der Waals surface area (Å²) in [5, 5.41) is 23.7. The third-order valence-corrected chi connectivity index (χ3v) is 4.99. The Morgan fingerprint density at radius 3 is 2.69 bits per heavy atom. The van der Waals surface area contributed by atoms with Gasteiger partial charge >= 0.3 is 5.97 Å². The van der Waals surface area contributed by atoms with E-state index in [4.69, 9.17) is 10.5 Å². The third kappa shape index (κ3) is 4.15. The standard InChI is InChI=1S/C17H20N4O4S/c1-3-25-16(23)14-13(10-4-6-20-7-5-10)11(8-18)15(21-17(14,2)24)26-9-12(19)22/h4-7,13-14,21,24H,3,9H2,1-2H3,(H2,19,22)/t13-,14-,17+/m1/s1. The lowest BCUT2D eigenvalue weighted by Gasteiger charge is -2.42. The molecule has 0 spiro atoms. The first-order valence-corrected chi connectivity index (χ1v) is 8.92. The summed E-state index contributed by atoms with van der Waals surface area (Å²) < 4.78 is 5.13. The number of nitrogens with zero attached hydrogens (tertiary/aromatic N) is 2. The van der Waals surface area contributed by atoms with Gasteiger partial charge in [0.15, 0.2) is 0 Å². The summed E-state index contributed by atoms with van der Waals surface area (Å²) in [6.07, 6.45) is 3.08. The summed E-state index contributed by atoms with van der Waals surface area (Å²) in [4.78, 5) is 27.7. The number of allylic oxidation sites excluding steroid dienone is 1. The first kappa shape index (κ1) is 19.8. The van der Waals surface area contributed by atoms with Crippen molar-refractivity contribution >= 4 is 23.6 Å². The molecule has 0 saturated carbocycles. The maximum atomic E-state index is 12.6. The van der Waals surface area contributed by atoms with Crippen LogP contribution in [-0.2, 0) is 14.3 Å². The minimum Gasteiger partial charge on any atom is -0.466 e. The van der Waals surface area contributed by atoms with E-state index in [2.05, 4.69) is 16.4 Å². The molecule has 0 unspecified atom stereocenters. The smallest absolute Gasteiger partial charge is 0.314 e. The zero-order valence-corrected chi connectivity index (χ0v) is 15.2. The second-order valence-electron chi connectivity index (χ2n) is 5.87. The van der Waals surface area contributed by atoms with Gasteiger partial charge in [0, 0.05) is 18.3 Å². The highest BCUT2D eigenvalue weighted by Crippen LogP contribution is 2.44. The molecular weight excluding hydrogens is 356 g/mol. The Balaban J connectivity index is 2.60. The number of aromatic nitrogens is 1. The molecule has 2 heterocycles. The number of carbonyl (C=O) groups is 2. The van der Waals surface area contributed by atoms with Crippen LogP contribution >= 0.6 is 11.8 Å². The van der Waals surface area contributed by atoms with Crippen LogP contribution in [-0.4, -0.2) is 40.1 Å². The molecule has 3 atom stereocenters. The Hall–Kier alpha value is -2.57. The summed E-state index contributed by atoms with van der Waals surface area (Å²) in [5.41, 5.74) is 4.35. The second-order valence-corrected chi connectivity index (χ2v) is 6.86. The van der Waals surface area contributed by atoms with Crippen molar-refractivity contribution in [3.05, 3.63) is 40.7 Å². The number of ether oxygens (including phenoxy) is 1. The van der Waals surface area contributed by atoms with Gasteiger partial charge in [-0.15, -0.1) is 0 Å². The zero-order valence-electron chi connectivity index (χ0n) is 14.4. The number of pyridine rings is 1. The van der Waals surface area contributed by atoms with Gasteiger partial charge in [0.05, 0.1) is 29.0 Å². The average molecular weight is 376 g/mol. The number of nitrogens with two attached hydrogens (primary N) is 1. The van der Waals surface area contributed by atoms with E-state index < -0.39 is 29.4 Å². The number of amides is 1. The lowest BCUT2D eigenvalue weighted by Crippen LogP contribution is -2.57. The Morgan fingerprint density at radius 1 is 1.50 bits per heavy atom. The first-order chi connectivity index (χ1) is 12.3. The molecule has 26 heavy (non-hydrogen) atoms. The number of primary amides is 1. The third-order valence-electron chi connectivity index (χ3n) is 3.95. The average Bonchev–Trinajstić information content (AvgIpc) is 2.59. The highest BCUT2D eigenvalue weighted by molar-refractivity contribution is 8.03. The Morgan fingerprint density at radius 2 is 2.15 bits per heavy atom. The second kappa shape index (κ2) is 8.21. The van der Waals surface area contributed by atoms with Crippen molar-refractivity contribution in [2.24, 2.45) is 11.7 Å². The molecule has 138 valence electrons. The quantitative estimate of drug-likeness (QED) is 0.614. The van der Waals surface area contributed by atoms with Gasteiger partial charge < -0.3 is 20.9 Å². The van der Waals surface area contributed by atoms with Gasteiger partial charge in [0.1, 0.15) is 11.6 Å². The van der Waals surface area contributed by atoms with Crippen LogP contribution in [0.3, 0.4) is 0 Å². The Bertz CT molecular complexity index is 758. The number of hydrogen-bond acceptors (Lipinski definition) is 8.